The second-order valence-corrected chi connectivity index (χ2v) is 4.12. The highest BCUT2D eigenvalue weighted by molar-refractivity contribution is 5.96. The van der Waals surface area contributed by atoms with Gasteiger partial charge in [-0.15, -0.1) is 0 Å². The van der Waals surface area contributed by atoms with Crippen molar-refractivity contribution >= 4 is 5.91 Å². The molecule has 20 heavy (non-hydrogen) atoms. The number of rotatable bonds is 6. The van der Waals surface area contributed by atoms with E-state index in [0.717, 1.165) is 6.07 Å². The van der Waals surface area contributed by atoms with Crippen molar-refractivity contribution in [2.75, 3.05) is 33.4 Å². The average Bonchev–Trinajstić information content (AvgIpc) is 2.42. The number of alkyl halides is 3. The Hall–Kier alpha value is -1.60. The lowest BCUT2D eigenvalue weighted by Crippen LogP contribution is -2.38. The van der Waals surface area contributed by atoms with Crippen molar-refractivity contribution in [2.45, 2.75) is 6.18 Å². The molecule has 0 saturated carbocycles. The van der Waals surface area contributed by atoms with Crippen molar-refractivity contribution in [1.29, 1.82) is 0 Å². The van der Waals surface area contributed by atoms with Crippen LogP contribution in [-0.2, 0) is 10.9 Å². The van der Waals surface area contributed by atoms with E-state index in [2.05, 4.69) is 0 Å². The lowest BCUT2D eigenvalue weighted by atomic mass is 10.1. The molecule has 0 saturated heterocycles. The Balaban J connectivity index is 3.05. The smallest absolute Gasteiger partial charge is 0.383 e. The molecule has 1 aromatic rings. The van der Waals surface area contributed by atoms with Gasteiger partial charge >= 0.3 is 6.18 Å². The van der Waals surface area contributed by atoms with E-state index < -0.39 is 17.6 Å². The summed E-state index contributed by atoms with van der Waals surface area (Å²) in [5.41, 5.74) is 4.07. The number of benzene rings is 1. The Morgan fingerprint density at radius 2 is 1.95 bits per heavy atom. The maximum atomic E-state index is 12.9. The molecule has 112 valence electrons. The summed E-state index contributed by atoms with van der Waals surface area (Å²) in [6, 6.07) is 4.72. The molecule has 1 rings (SSSR count). The first-order valence-electron chi connectivity index (χ1n) is 6.06. The van der Waals surface area contributed by atoms with E-state index in [0.29, 0.717) is 0 Å². The quantitative estimate of drug-likeness (QED) is 0.868. The Bertz CT molecular complexity index is 449. The zero-order chi connectivity index (χ0) is 15.2. The lowest BCUT2D eigenvalue weighted by molar-refractivity contribution is -0.138. The summed E-state index contributed by atoms with van der Waals surface area (Å²) in [6.45, 7) is 0.774. The Kier molecular flexibility index (Phi) is 5.97. The molecule has 0 unspecified atom stereocenters. The van der Waals surface area contributed by atoms with E-state index in [9.17, 15) is 18.0 Å². The van der Waals surface area contributed by atoms with E-state index >= 15 is 0 Å². The monoisotopic (exact) mass is 290 g/mol. The normalized spacial score (nSPS) is 11.4. The maximum absolute atomic E-state index is 12.9. The fourth-order valence-corrected chi connectivity index (χ4v) is 1.76. The number of hydrogen-bond acceptors (Lipinski definition) is 3. The summed E-state index contributed by atoms with van der Waals surface area (Å²) in [5.74, 6) is -0.694. The first-order valence-corrected chi connectivity index (χ1v) is 6.06. The Morgan fingerprint density at radius 1 is 1.30 bits per heavy atom. The minimum absolute atomic E-state index is 0.170. The summed E-state index contributed by atoms with van der Waals surface area (Å²) < 4.78 is 43.5. The molecule has 2 N–H and O–H groups in total. The maximum Gasteiger partial charge on any atom is 0.417 e. The summed E-state index contributed by atoms with van der Waals surface area (Å²) in [5, 5.41) is 0. The molecule has 0 atom stereocenters. The van der Waals surface area contributed by atoms with Gasteiger partial charge in [0.15, 0.2) is 0 Å². The van der Waals surface area contributed by atoms with Crippen molar-refractivity contribution in [1.82, 2.24) is 4.90 Å². The van der Waals surface area contributed by atoms with Crippen LogP contribution in [-0.4, -0.2) is 44.2 Å². The molecular formula is C13H17F3N2O2. The molecule has 0 aliphatic carbocycles. The number of nitrogens with zero attached hydrogens (tertiary/aromatic N) is 1. The highest BCUT2D eigenvalue weighted by Crippen LogP contribution is 2.32. The lowest BCUT2D eigenvalue weighted by Gasteiger charge is -2.23. The van der Waals surface area contributed by atoms with Gasteiger partial charge in [-0.05, 0) is 12.1 Å². The van der Waals surface area contributed by atoms with Gasteiger partial charge in [-0.3, -0.25) is 4.79 Å². The molecular weight excluding hydrogens is 273 g/mol. The van der Waals surface area contributed by atoms with E-state index in [1.165, 1.54) is 30.2 Å². The van der Waals surface area contributed by atoms with Crippen molar-refractivity contribution in [3.63, 3.8) is 0 Å². The summed E-state index contributed by atoms with van der Waals surface area (Å²) >= 11 is 0. The predicted molar refractivity (Wildman–Crippen MR) is 68.3 cm³/mol. The number of carbonyl (C=O) groups excluding carboxylic acids is 1. The van der Waals surface area contributed by atoms with Crippen molar-refractivity contribution in [3.8, 4) is 0 Å². The summed E-state index contributed by atoms with van der Waals surface area (Å²) in [7, 11) is 1.45. The van der Waals surface area contributed by atoms with Crippen LogP contribution in [0.1, 0.15) is 15.9 Å². The van der Waals surface area contributed by atoms with Crippen molar-refractivity contribution in [3.05, 3.63) is 35.4 Å². The van der Waals surface area contributed by atoms with Gasteiger partial charge in [0.25, 0.3) is 5.91 Å². The van der Waals surface area contributed by atoms with Crippen LogP contribution in [0.2, 0.25) is 0 Å². The van der Waals surface area contributed by atoms with Crippen LogP contribution >= 0.6 is 0 Å². The number of amides is 1. The fraction of sp³-hybridized carbons (Fsp3) is 0.462. The number of halogens is 3. The van der Waals surface area contributed by atoms with Crippen LogP contribution in [0.4, 0.5) is 13.2 Å². The molecule has 0 aliphatic heterocycles. The first kappa shape index (κ1) is 16.5. The number of nitrogens with two attached hydrogens (primary N) is 1. The molecule has 1 amide bonds. The van der Waals surface area contributed by atoms with Crippen LogP contribution < -0.4 is 5.73 Å². The minimum Gasteiger partial charge on any atom is -0.383 e. The van der Waals surface area contributed by atoms with Gasteiger partial charge in [0.05, 0.1) is 17.7 Å². The standard InChI is InChI=1S/C13H17F3N2O2/c1-20-9-8-18(7-6-17)12(19)10-4-2-3-5-11(10)13(14,15)16/h2-5H,6-9,17H2,1H3. The second kappa shape index (κ2) is 7.25. The van der Waals surface area contributed by atoms with E-state index in [1.807, 2.05) is 0 Å². The SMILES string of the molecule is COCCN(CCN)C(=O)c1ccccc1C(F)(F)F. The largest absolute Gasteiger partial charge is 0.417 e. The van der Waals surface area contributed by atoms with E-state index in [1.54, 1.807) is 0 Å². The average molecular weight is 290 g/mol. The molecule has 0 heterocycles. The molecule has 1 aromatic carbocycles. The minimum atomic E-state index is -4.57. The molecule has 0 radical (unpaired) electrons. The predicted octanol–water partition coefficient (Wildman–Crippen LogP) is 1.75. The van der Waals surface area contributed by atoms with Crippen molar-refractivity contribution < 1.29 is 22.7 Å². The van der Waals surface area contributed by atoms with Gasteiger partial charge in [0, 0.05) is 26.7 Å². The first-order chi connectivity index (χ1) is 9.41. The molecule has 0 spiro atoms. The van der Waals surface area contributed by atoms with Crippen molar-refractivity contribution in [2.24, 2.45) is 5.73 Å². The van der Waals surface area contributed by atoms with Crippen LogP contribution in [0.5, 0.6) is 0 Å². The number of hydrogen-bond donors (Lipinski definition) is 1. The number of carbonyl (C=O) groups is 1. The topological polar surface area (TPSA) is 55.6 Å². The van der Waals surface area contributed by atoms with Gasteiger partial charge < -0.3 is 15.4 Å². The molecule has 0 bridgehead atoms. The Morgan fingerprint density at radius 3 is 2.50 bits per heavy atom. The van der Waals surface area contributed by atoms with E-state index in [-0.39, 0.29) is 31.8 Å². The third kappa shape index (κ3) is 4.21. The molecule has 4 nitrogen and oxygen atoms in total. The van der Waals surface area contributed by atoms with Gasteiger partial charge in [-0.2, -0.15) is 13.2 Å². The third-order valence-electron chi connectivity index (χ3n) is 2.71. The van der Waals surface area contributed by atoms with Crippen LogP contribution in [0.15, 0.2) is 24.3 Å². The van der Waals surface area contributed by atoms with E-state index in [4.69, 9.17) is 10.5 Å². The zero-order valence-electron chi connectivity index (χ0n) is 11.1. The van der Waals surface area contributed by atoms with Crippen LogP contribution in [0.3, 0.4) is 0 Å². The van der Waals surface area contributed by atoms with Gasteiger partial charge in [-0.1, -0.05) is 12.1 Å². The van der Waals surface area contributed by atoms with Crippen LogP contribution in [0.25, 0.3) is 0 Å². The van der Waals surface area contributed by atoms with Crippen LogP contribution in [0, 0.1) is 0 Å². The molecule has 0 fully saturated rings. The highest BCUT2D eigenvalue weighted by atomic mass is 19.4. The Labute approximate surface area is 115 Å². The summed E-state index contributed by atoms with van der Waals surface area (Å²) in [6.07, 6.45) is -4.57. The highest BCUT2D eigenvalue weighted by Gasteiger charge is 2.35. The van der Waals surface area contributed by atoms with Gasteiger partial charge in [0.1, 0.15) is 0 Å². The molecule has 0 aliphatic rings. The van der Waals surface area contributed by atoms with Gasteiger partial charge in [0.2, 0.25) is 0 Å². The summed E-state index contributed by atoms with van der Waals surface area (Å²) in [4.78, 5) is 13.5. The zero-order valence-corrected chi connectivity index (χ0v) is 11.1. The number of ether oxygens (including phenoxy) is 1. The fourth-order valence-electron chi connectivity index (χ4n) is 1.76. The van der Waals surface area contributed by atoms with Gasteiger partial charge in [-0.25, -0.2) is 0 Å². The molecule has 0 aromatic heterocycles. The number of methoxy groups -OCH3 is 1. The second-order valence-electron chi connectivity index (χ2n) is 4.12. The third-order valence-corrected chi connectivity index (χ3v) is 2.71. The molecule has 7 heteroatoms.